The highest BCUT2D eigenvalue weighted by Gasteiger charge is 2.31. The van der Waals surface area contributed by atoms with Crippen LogP contribution >= 0.6 is 0 Å². The lowest BCUT2D eigenvalue weighted by atomic mass is 9.91. The fourth-order valence-corrected chi connectivity index (χ4v) is 3.98. The maximum absolute atomic E-state index is 12.3. The van der Waals surface area contributed by atoms with Crippen molar-refractivity contribution in [3.05, 3.63) is 59.7 Å². The number of nitrogens with one attached hydrogen (secondary N) is 1. The number of hydrogen-bond acceptors (Lipinski definition) is 7. The summed E-state index contributed by atoms with van der Waals surface area (Å²) in [4.78, 5) is 28.8. The molecule has 8 nitrogen and oxygen atoms in total. The van der Waals surface area contributed by atoms with Gasteiger partial charge in [-0.05, 0) is 50.6 Å². The number of rotatable bonds is 10. The molecule has 2 fully saturated rings. The van der Waals surface area contributed by atoms with Gasteiger partial charge in [-0.3, -0.25) is 9.36 Å². The second kappa shape index (κ2) is 14.7. The Morgan fingerprint density at radius 3 is 2.62 bits per heavy atom. The van der Waals surface area contributed by atoms with Crippen LogP contribution in [0.4, 0.5) is 5.82 Å². The second-order valence-electron chi connectivity index (χ2n) is 9.09. The lowest BCUT2D eigenvalue weighted by Gasteiger charge is -2.36. The van der Waals surface area contributed by atoms with Crippen LogP contribution in [0, 0.1) is 5.92 Å². The predicted molar refractivity (Wildman–Crippen MR) is 136 cm³/mol. The van der Waals surface area contributed by atoms with E-state index in [0.717, 1.165) is 64.0 Å². The molecular formula is C26H40N4O4. The lowest BCUT2D eigenvalue weighted by Crippen LogP contribution is -2.46. The summed E-state index contributed by atoms with van der Waals surface area (Å²) in [6.45, 7) is 11.6. The smallest absolute Gasteiger partial charge is 0.255 e. The molecule has 2 N–H and O–H groups in total. The van der Waals surface area contributed by atoms with Gasteiger partial charge in [-0.1, -0.05) is 31.4 Å². The zero-order chi connectivity index (χ0) is 24.8. The highest BCUT2D eigenvalue weighted by atomic mass is 16.5. The van der Waals surface area contributed by atoms with Gasteiger partial charge in [-0.15, -0.1) is 0 Å². The molecule has 0 aromatic carbocycles. The molecule has 0 saturated carbocycles. The van der Waals surface area contributed by atoms with Crippen LogP contribution in [0.3, 0.4) is 0 Å². The van der Waals surface area contributed by atoms with Gasteiger partial charge in [0, 0.05) is 45.3 Å². The van der Waals surface area contributed by atoms with Crippen LogP contribution in [0.5, 0.6) is 0 Å². The number of aliphatic hydroxyl groups is 1. The molecule has 0 atom stereocenters. The van der Waals surface area contributed by atoms with Crippen LogP contribution in [0.15, 0.2) is 54.1 Å². The molecule has 0 radical (unpaired) electrons. The molecular weight excluding hydrogens is 432 g/mol. The van der Waals surface area contributed by atoms with Gasteiger partial charge >= 0.3 is 0 Å². The summed E-state index contributed by atoms with van der Waals surface area (Å²) in [7, 11) is 2.05. The second-order valence-corrected chi connectivity index (χ2v) is 9.09. The quantitative estimate of drug-likeness (QED) is 0.399. The molecule has 0 aliphatic carbocycles. The summed E-state index contributed by atoms with van der Waals surface area (Å²) in [5.41, 5.74) is 0.128. The topological polar surface area (TPSA) is 96.7 Å². The van der Waals surface area contributed by atoms with E-state index in [1.807, 2.05) is 13.1 Å². The molecule has 2 saturated heterocycles. The average molecular weight is 473 g/mol. The van der Waals surface area contributed by atoms with Crippen molar-refractivity contribution in [1.82, 2.24) is 14.5 Å². The van der Waals surface area contributed by atoms with Gasteiger partial charge in [0.2, 0.25) is 0 Å². The van der Waals surface area contributed by atoms with Crippen LogP contribution in [-0.2, 0) is 16.1 Å². The van der Waals surface area contributed by atoms with Gasteiger partial charge < -0.3 is 24.9 Å². The number of anilines is 1. The summed E-state index contributed by atoms with van der Waals surface area (Å²) in [5.74, 6) is 1.18. The van der Waals surface area contributed by atoms with E-state index in [1.165, 1.54) is 10.6 Å². The molecule has 3 rings (SSSR count). The summed E-state index contributed by atoms with van der Waals surface area (Å²) in [5, 5.41) is 13.9. The zero-order valence-corrected chi connectivity index (χ0v) is 20.5. The fourth-order valence-electron chi connectivity index (χ4n) is 3.98. The standard InChI is InChI=1S/C17H28N4O3.C9H12O/c1-20-6-4-17(23,5-7-20)12-21-13-19-15(10-16(21)22)18-11-14-2-8-24-9-3-14;1-3-6-9(4-2)7-5-8-10/h10,13-14,18,23H,2-9,11-12H2,1H3;3-4,6,8H,1-2,5,7H2/b;9-6+. The molecule has 2 aliphatic rings. The minimum Gasteiger partial charge on any atom is -0.388 e. The first-order valence-electron chi connectivity index (χ1n) is 12.1. The predicted octanol–water partition coefficient (Wildman–Crippen LogP) is 2.80. The Morgan fingerprint density at radius 1 is 1.32 bits per heavy atom. The molecule has 0 spiro atoms. The van der Waals surface area contributed by atoms with Crippen LogP contribution in [0.25, 0.3) is 0 Å². The highest BCUT2D eigenvalue weighted by Crippen LogP contribution is 2.23. The molecule has 188 valence electrons. The largest absolute Gasteiger partial charge is 0.388 e. The normalized spacial score (nSPS) is 18.9. The number of ether oxygens (including phenoxy) is 1. The zero-order valence-electron chi connectivity index (χ0n) is 20.5. The molecule has 0 bridgehead atoms. The third kappa shape index (κ3) is 9.75. The number of carbonyl (C=O) groups is 1. The van der Waals surface area contributed by atoms with Crippen molar-refractivity contribution in [2.24, 2.45) is 5.92 Å². The number of carbonyl (C=O) groups excluding carboxylic acids is 1. The van der Waals surface area contributed by atoms with E-state index in [0.29, 0.717) is 37.5 Å². The van der Waals surface area contributed by atoms with Gasteiger partial charge in [-0.25, -0.2) is 4.98 Å². The first-order valence-corrected chi connectivity index (χ1v) is 12.1. The summed E-state index contributed by atoms with van der Waals surface area (Å²) < 4.78 is 6.87. The highest BCUT2D eigenvalue weighted by molar-refractivity contribution is 5.50. The van der Waals surface area contributed by atoms with E-state index in [-0.39, 0.29) is 5.56 Å². The third-order valence-corrected chi connectivity index (χ3v) is 6.32. The van der Waals surface area contributed by atoms with Gasteiger partial charge in [0.25, 0.3) is 5.56 Å². The SMILES string of the molecule is C=C/C=C(\C=C)CCC=O.CN1CCC(O)(Cn2cnc(NCC3CCOCC3)cc2=O)CC1. The van der Waals surface area contributed by atoms with E-state index in [9.17, 15) is 14.7 Å². The fraction of sp³-hybridized carbons (Fsp3) is 0.577. The first-order chi connectivity index (χ1) is 16.4. The van der Waals surface area contributed by atoms with E-state index >= 15 is 0 Å². The van der Waals surface area contributed by atoms with Crippen molar-refractivity contribution in [2.75, 3.05) is 45.2 Å². The van der Waals surface area contributed by atoms with E-state index < -0.39 is 5.60 Å². The third-order valence-electron chi connectivity index (χ3n) is 6.32. The summed E-state index contributed by atoms with van der Waals surface area (Å²) in [6.07, 6.45) is 12.5. The van der Waals surface area contributed by atoms with Crippen molar-refractivity contribution < 1.29 is 14.6 Å². The molecule has 2 aliphatic heterocycles. The molecule has 1 aromatic rings. The number of likely N-dealkylation sites (tertiary alicyclic amines) is 1. The van der Waals surface area contributed by atoms with Crippen molar-refractivity contribution in [3.63, 3.8) is 0 Å². The van der Waals surface area contributed by atoms with Gasteiger partial charge in [0.15, 0.2) is 0 Å². The monoisotopic (exact) mass is 472 g/mol. The van der Waals surface area contributed by atoms with Crippen LogP contribution in [0.2, 0.25) is 0 Å². The molecule has 0 unspecified atom stereocenters. The molecule has 3 heterocycles. The van der Waals surface area contributed by atoms with Gasteiger partial charge in [0.1, 0.15) is 12.1 Å². The number of hydrogen-bond donors (Lipinski definition) is 2. The van der Waals surface area contributed by atoms with Crippen molar-refractivity contribution in [3.8, 4) is 0 Å². The molecule has 34 heavy (non-hydrogen) atoms. The van der Waals surface area contributed by atoms with E-state index in [4.69, 9.17) is 4.74 Å². The Labute approximate surface area is 203 Å². The van der Waals surface area contributed by atoms with E-state index in [1.54, 1.807) is 18.5 Å². The first kappa shape index (κ1) is 27.7. The Bertz CT molecular complexity index is 866. The van der Waals surface area contributed by atoms with Crippen molar-refractivity contribution in [2.45, 2.75) is 50.7 Å². The number of aromatic nitrogens is 2. The Balaban J connectivity index is 0.000000347. The number of aldehydes is 1. The summed E-state index contributed by atoms with van der Waals surface area (Å²) in [6, 6.07) is 1.53. The van der Waals surface area contributed by atoms with Crippen LogP contribution in [0.1, 0.15) is 38.5 Å². The number of nitrogens with zero attached hydrogens (tertiary/aromatic N) is 3. The average Bonchev–Trinajstić information content (AvgIpc) is 2.85. The maximum atomic E-state index is 12.3. The molecule has 0 amide bonds. The van der Waals surface area contributed by atoms with Crippen LogP contribution in [-0.4, -0.2) is 71.3 Å². The molecule has 8 heteroatoms. The minimum absolute atomic E-state index is 0.119. The maximum Gasteiger partial charge on any atom is 0.255 e. The number of piperidine rings is 1. The Morgan fingerprint density at radius 2 is 2.03 bits per heavy atom. The Kier molecular flexibility index (Phi) is 11.9. The van der Waals surface area contributed by atoms with Gasteiger partial charge in [0.05, 0.1) is 18.5 Å². The minimum atomic E-state index is -0.810. The summed E-state index contributed by atoms with van der Waals surface area (Å²) >= 11 is 0. The lowest BCUT2D eigenvalue weighted by molar-refractivity contribution is -0.107. The van der Waals surface area contributed by atoms with Crippen molar-refractivity contribution >= 4 is 12.1 Å². The number of allylic oxidation sites excluding steroid dienone is 4. The van der Waals surface area contributed by atoms with E-state index in [2.05, 4.69) is 28.4 Å². The van der Waals surface area contributed by atoms with Crippen LogP contribution < -0.4 is 10.9 Å². The Hall–Kier alpha value is -2.55. The van der Waals surface area contributed by atoms with Crippen molar-refractivity contribution in [1.29, 1.82) is 0 Å². The molecule has 1 aromatic heterocycles. The van der Waals surface area contributed by atoms with Gasteiger partial charge in [-0.2, -0.15) is 0 Å².